The lowest BCUT2D eigenvalue weighted by molar-refractivity contribution is -0.138. The minimum Gasteiger partial charge on any atom is -0.463 e. The van der Waals surface area contributed by atoms with Gasteiger partial charge in [-0.1, -0.05) is 55.4 Å². The van der Waals surface area contributed by atoms with Crippen molar-refractivity contribution in [1.29, 1.82) is 0 Å². The predicted octanol–water partition coefficient (Wildman–Crippen LogP) is 4.06. The smallest absolute Gasteiger partial charge is 0.338 e. The van der Waals surface area contributed by atoms with Crippen LogP contribution in [0.4, 0.5) is 0 Å². The molecule has 0 unspecified atom stereocenters. The topological polar surface area (TPSA) is 50.7 Å². The molecule has 0 fully saturated rings. The summed E-state index contributed by atoms with van der Waals surface area (Å²) < 4.78 is 5.22. The van der Waals surface area contributed by atoms with E-state index in [0.717, 1.165) is 35.0 Å². The van der Waals surface area contributed by atoms with Gasteiger partial charge in [-0.15, -0.1) is 0 Å². The summed E-state index contributed by atoms with van der Waals surface area (Å²) in [5.41, 5.74) is 2.43. The van der Waals surface area contributed by atoms with Gasteiger partial charge in [-0.2, -0.15) is 0 Å². The third kappa shape index (κ3) is 4.61. The monoisotopic (exact) mass is 332 g/mol. The zero-order valence-electron chi connectivity index (χ0n) is 14.0. The second kappa shape index (κ2) is 8.77. The SMILES string of the molecule is CCCCSC1=N[C@@H](c2ccccc2)C(C(=O)OCC)=C(C)N1. The van der Waals surface area contributed by atoms with Gasteiger partial charge in [0.15, 0.2) is 5.17 Å². The number of hydrogen-bond donors (Lipinski definition) is 1. The van der Waals surface area contributed by atoms with Gasteiger partial charge < -0.3 is 10.1 Å². The standard InChI is InChI=1S/C18H24N2O2S/c1-4-6-12-23-18-19-13(3)15(17(21)22-5-2)16(20-18)14-10-8-7-9-11-14/h7-11,16H,4-6,12H2,1-3H3,(H,19,20)/t16-/m0/s1. The number of rotatable bonds is 6. The van der Waals surface area contributed by atoms with E-state index >= 15 is 0 Å². The molecular formula is C18H24N2O2S. The van der Waals surface area contributed by atoms with Gasteiger partial charge in [0.05, 0.1) is 12.2 Å². The molecule has 1 aliphatic rings. The Kier molecular flexibility index (Phi) is 6.71. The molecule has 0 aliphatic carbocycles. The Balaban J connectivity index is 2.30. The Morgan fingerprint density at radius 1 is 1.30 bits per heavy atom. The lowest BCUT2D eigenvalue weighted by Crippen LogP contribution is -2.30. The molecule has 1 heterocycles. The first-order chi connectivity index (χ1) is 11.2. The summed E-state index contributed by atoms with van der Waals surface area (Å²) >= 11 is 1.70. The summed E-state index contributed by atoms with van der Waals surface area (Å²) in [6.45, 7) is 6.26. The normalized spacial score (nSPS) is 17.5. The van der Waals surface area contributed by atoms with E-state index in [9.17, 15) is 4.79 Å². The molecule has 0 aromatic heterocycles. The number of benzene rings is 1. The molecule has 1 aromatic carbocycles. The summed E-state index contributed by atoms with van der Waals surface area (Å²) in [6.07, 6.45) is 2.31. The number of ether oxygens (including phenoxy) is 1. The molecule has 1 N–H and O–H groups in total. The minimum atomic E-state index is -0.305. The van der Waals surface area contributed by atoms with Gasteiger partial charge in [0.1, 0.15) is 6.04 Å². The number of hydrogen-bond acceptors (Lipinski definition) is 5. The highest BCUT2D eigenvalue weighted by Gasteiger charge is 2.30. The number of aliphatic imine (C=N–C) groups is 1. The summed E-state index contributed by atoms with van der Waals surface area (Å²) in [4.78, 5) is 17.1. The first kappa shape index (κ1) is 17.6. The van der Waals surface area contributed by atoms with Crippen LogP contribution >= 0.6 is 11.8 Å². The number of unbranched alkanes of at least 4 members (excludes halogenated alkanes) is 1. The zero-order valence-corrected chi connectivity index (χ0v) is 14.8. The molecule has 0 radical (unpaired) electrons. The number of thioether (sulfide) groups is 1. The van der Waals surface area contributed by atoms with Gasteiger partial charge in [0.2, 0.25) is 0 Å². The van der Waals surface area contributed by atoms with Crippen LogP contribution < -0.4 is 5.32 Å². The fourth-order valence-corrected chi connectivity index (χ4v) is 3.42. The van der Waals surface area contributed by atoms with Crippen LogP contribution in [0.5, 0.6) is 0 Å². The number of esters is 1. The fourth-order valence-electron chi connectivity index (χ4n) is 2.38. The van der Waals surface area contributed by atoms with Gasteiger partial charge >= 0.3 is 5.97 Å². The molecule has 124 valence electrons. The molecule has 0 bridgehead atoms. The van der Waals surface area contributed by atoms with Gasteiger partial charge in [0.25, 0.3) is 0 Å². The number of amidine groups is 1. The Morgan fingerprint density at radius 2 is 2.04 bits per heavy atom. The molecule has 0 saturated carbocycles. The van der Waals surface area contributed by atoms with Crippen LogP contribution in [0.3, 0.4) is 0 Å². The second-order valence-corrected chi connectivity index (χ2v) is 6.42. The van der Waals surface area contributed by atoms with Crippen LogP contribution in [0, 0.1) is 0 Å². The molecule has 2 rings (SSSR count). The molecule has 23 heavy (non-hydrogen) atoms. The summed E-state index contributed by atoms with van der Waals surface area (Å²) in [5.74, 6) is 0.721. The van der Waals surface area contributed by atoms with Crippen LogP contribution in [0.25, 0.3) is 0 Å². The van der Waals surface area contributed by atoms with E-state index in [1.54, 1.807) is 11.8 Å². The number of nitrogens with one attached hydrogen (secondary N) is 1. The van der Waals surface area contributed by atoms with Crippen molar-refractivity contribution in [2.45, 2.75) is 39.7 Å². The third-order valence-corrected chi connectivity index (χ3v) is 4.54. The Hall–Kier alpha value is -1.75. The second-order valence-electron chi connectivity index (χ2n) is 5.33. The first-order valence-electron chi connectivity index (χ1n) is 8.07. The van der Waals surface area contributed by atoms with Crippen molar-refractivity contribution in [2.75, 3.05) is 12.4 Å². The number of carbonyl (C=O) groups is 1. The van der Waals surface area contributed by atoms with Gasteiger partial charge in [0, 0.05) is 11.4 Å². The maximum atomic E-state index is 12.4. The van der Waals surface area contributed by atoms with Crippen LogP contribution in [0.1, 0.15) is 45.2 Å². The summed E-state index contributed by atoms with van der Waals surface area (Å²) in [6, 6.07) is 9.59. The minimum absolute atomic E-state index is 0.298. The molecule has 0 saturated heterocycles. The fraction of sp³-hybridized carbons (Fsp3) is 0.444. The largest absolute Gasteiger partial charge is 0.463 e. The average Bonchev–Trinajstić information content (AvgIpc) is 2.55. The lowest BCUT2D eigenvalue weighted by atomic mass is 9.97. The number of carbonyl (C=O) groups excluding carboxylic acids is 1. The highest BCUT2D eigenvalue weighted by molar-refractivity contribution is 8.13. The van der Waals surface area contributed by atoms with Crippen molar-refractivity contribution >= 4 is 22.9 Å². The first-order valence-corrected chi connectivity index (χ1v) is 9.06. The van der Waals surface area contributed by atoms with Crippen molar-refractivity contribution in [1.82, 2.24) is 5.32 Å². The van der Waals surface area contributed by atoms with Crippen molar-refractivity contribution in [3.8, 4) is 0 Å². The van der Waals surface area contributed by atoms with E-state index in [2.05, 4.69) is 12.2 Å². The van der Waals surface area contributed by atoms with Crippen molar-refractivity contribution < 1.29 is 9.53 Å². The predicted molar refractivity (Wildman–Crippen MR) is 96.5 cm³/mol. The molecule has 0 amide bonds. The van der Waals surface area contributed by atoms with Crippen molar-refractivity contribution in [3.05, 3.63) is 47.2 Å². The van der Waals surface area contributed by atoms with Crippen molar-refractivity contribution in [2.24, 2.45) is 4.99 Å². The quantitative estimate of drug-likeness (QED) is 0.630. The maximum absolute atomic E-state index is 12.4. The molecule has 1 aliphatic heterocycles. The maximum Gasteiger partial charge on any atom is 0.338 e. The molecule has 4 nitrogen and oxygen atoms in total. The Labute approximate surface area is 142 Å². The Morgan fingerprint density at radius 3 is 2.70 bits per heavy atom. The Bertz CT molecular complexity index is 596. The number of nitrogens with zero attached hydrogens (tertiary/aromatic N) is 1. The van der Waals surface area contributed by atoms with Crippen LogP contribution in [-0.2, 0) is 9.53 Å². The van der Waals surface area contributed by atoms with E-state index in [1.807, 2.05) is 44.2 Å². The summed E-state index contributed by atoms with van der Waals surface area (Å²) in [5, 5.41) is 4.13. The number of allylic oxidation sites excluding steroid dienone is 1. The third-order valence-electron chi connectivity index (χ3n) is 3.57. The molecule has 1 atom stereocenters. The lowest BCUT2D eigenvalue weighted by Gasteiger charge is -2.25. The van der Waals surface area contributed by atoms with E-state index in [-0.39, 0.29) is 12.0 Å². The molecule has 1 aromatic rings. The van der Waals surface area contributed by atoms with Gasteiger partial charge in [-0.05, 0) is 25.8 Å². The molecule has 0 spiro atoms. The molecular weight excluding hydrogens is 308 g/mol. The van der Waals surface area contributed by atoms with E-state index in [0.29, 0.717) is 12.2 Å². The van der Waals surface area contributed by atoms with Crippen LogP contribution in [-0.4, -0.2) is 23.5 Å². The van der Waals surface area contributed by atoms with Crippen molar-refractivity contribution in [3.63, 3.8) is 0 Å². The van der Waals surface area contributed by atoms with E-state index in [4.69, 9.17) is 9.73 Å². The average molecular weight is 332 g/mol. The highest BCUT2D eigenvalue weighted by Crippen LogP contribution is 2.32. The molecule has 5 heteroatoms. The van der Waals surface area contributed by atoms with E-state index < -0.39 is 0 Å². The van der Waals surface area contributed by atoms with Crippen LogP contribution in [0.2, 0.25) is 0 Å². The zero-order chi connectivity index (χ0) is 16.7. The van der Waals surface area contributed by atoms with Gasteiger partial charge in [-0.25, -0.2) is 9.79 Å². The summed E-state index contributed by atoms with van der Waals surface area (Å²) in [7, 11) is 0. The van der Waals surface area contributed by atoms with Gasteiger partial charge in [-0.3, -0.25) is 0 Å². The van der Waals surface area contributed by atoms with E-state index in [1.165, 1.54) is 0 Å². The van der Waals surface area contributed by atoms with Crippen LogP contribution in [0.15, 0.2) is 46.6 Å². The highest BCUT2D eigenvalue weighted by atomic mass is 32.2.